The zero-order chi connectivity index (χ0) is 8.39. The van der Waals surface area contributed by atoms with Gasteiger partial charge in [0.25, 0.3) is 0 Å². The third-order valence-corrected chi connectivity index (χ3v) is 2.42. The molecule has 1 fully saturated rings. The summed E-state index contributed by atoms with van der Waals surface area (Å²) in [5, 5.41) is 0.760. The third-order valence-electron chi connectivity index (χ3n) is 2.17. The van der Waals surface area contributed by atoms with Crippen molar-refractivity contribution in [2.75, 3.05) is 0 Å². The fourth-order valence-electron chi connectivity index (χ4n) is 1.19. The molecule has 1 aromatic rings. The molecular formula is C10H11ClO. The van der Waals surface area contributed by atoms with E-state index in [9.17, 15) is 0 Å². The van der Waals surface area contributed by atoms with Crippen LogP contribution in [-0.2, 0) is 0 Å². The number of hydrogen-bond acceptors (Lipinski definition) is 1. The van der Waals surface area contributed by atoms with Gasteiger partial charge >= 0.3 is 0 Å². The normalized spacial score (nSPS) is 17.1. The van der Waals surface area contributed by atoms with E-state index in [1.165, 1.54) is 19.3 Å². The second-order valence-electron chi connectivity index (χ2n) is 3.12. The molecule has 0 atom stereocenters. The maximum absolute atomic E-state index is 5.74. The molecule has 0 bridgehead atoms. The summed E-state index contributed by atoms with van der Waals surface area (Å²) in [5.41, 5.74) is 0. The molecule has 0 aliphatic heterocycles. The highest BCUT2D eigenvalue weighted by molar-refractivity contribution is 6.30. The topological polar surface area (TPSA) is 9.23 Å². The lowest BCUT2D eigenvalue weighted by molar-refractivity contribution is 0.120. The molecule has 1 saturated carbocycles. The zero-order valence-electron chi connectivity index (χ0n) is 6.79. The summed E-state index contributed by atoms with van der Waals surface area (Å²) in [5.74, 6) is 0.934. The maximum atomic E-state index is 5.74. The Kier molecular flexibility index (Phi) is 2.22. The average Bonchev–Trinajstić information content (AvgIpc) is 2.00. The Labute approximate surface area is 77.3 Å². The predicted octanol–water partition coefficient (Wildman–Crippen LogP) is 3.27. The molecule has 12 heavy (non-hydrogen) atoms. The van der Waals surface area contributed by atoms with Crippen molar-refractivity contribution >= 4 is 11.6 Å². The van der Waals surface area contributed by atoms with Crippen LogP contribution in [0.3, 0.4) is 0 Å². The van der Waals surface area contributed by atoms with Gasteiger partial charge in [-0.3, -0.25) is 0 Å². The Bertz CT molecular complexity index is 251. The molecule has 0 amide bonds. The Morgan fingerprint density at radius 2 is 1.83 bits per heavy atom. The predicted molar refractivity (Wildman–Crippen MR) is 49.7 cm³/mol. The largest absolute Gasteiger partial charge is 0.490 e. The Hall–Kier alpha value is -0.690. The molecule has 64 valence electrons. The lowest BCUT2D eigenvalue weighted by Gasteiger charge is -2.26. The highest BCUT2D eigenvalue weighted by atomic mass is 35.5. The van der Waals surface area contributed by atoms with Gasteiger partial charge in [0.05, 0.1) is 6.10 Å². The zero-order valence-corrected chi connectivity index (χ0v) is 7.55. The SMILES string of the molecule is Clc1ccc(OC2CCC2)cc1. The van der Waals surface area contributed by atoms with Crippen LogP contribution < -0.4 is 4.74 Å². The van der Waals surface area contributed by atoms with Crippen LogP contribution in [0.15, 0.2) is 24.3 Å². The molecule has 2 heteroatoms. The van der Waals surface area contributed by atoms with Crippen molar-refractivity contribution in [1.29, 1.82) is 0 Å². The summed E-state index contributed by atoms with van der Waals surface area (Å²) in [6, 6.07) is 7.55. The molecule has 0 radical (unpaired) electrons. The molecule has 0 N–H and O–H groups in total. The van der Waals surface area contributed by atoms with Gasteiger partial charge in [-0.15, -0.1) is 0 Å². The summed E-state index contributed by atoms with van der Waals surface area (Å²) >= 11 is 5.74. The van der Waals surface area contributed by atoms with E-state index in [1.54, 1.807) is 0 Å². The van der Waals surface area contributed by atoms with Crippen molar-refractivity contribution in [3.8, 4) is 5.75 Å². The molecular weight excluding hydrogens is 172 g/mol. The van der Waals surface area contributed by atoms with Crippen molar-refractivity contribution in [1.82, 2.24) is 0 Å². The highest BCUT2D eigenvalue weighted by Gasteiger charge is 2.18. The minimum Gasteiger partial charge on any atom is -0.490 e. The van der Waals surface area contributed by atoms with Gasteiger partial charge in [0.15, 0.2) is 0 Å². The van der Waals surface area contributed by atoms with Gasteiger partial charge in [0.2, 0.25) is 0 Å². The van der Waals surface area contributed by atoms with Crippen molar-refractivity contribution in [3.63, 3.8) is 0 Å². The average molecular weight is 183 g/mol. The van der Waals surface area contributed by atoms with Gasteiger partial charge in [-0.05, 0) is 43.5 Å². The van der Waals surface area contributed by atoms with Crippen LogP contribution in [0.4, 0.5) is 0 Å². The van der Waals surface area contributed by atoms with Gasteiger partial charge in [-0.25, -0.2) is 0 Å². The molecule has 0 unspecified atom stereocenters. The highest BCUT2D eigenvalue weighted by Crippen LogP contribution is 2.25. The van der Waals surface area contributed by atoms with Crippen molar-refractivity contribution < 1.29 is 4.74 Å². The summed E-state index contributed by atoms with van der Waals surface area (Å²) < 4.78 is 5.65. The van der Waals surface area contributed by atoms with Crippen LogP contribution >= 0.6 is 11.6 Å². The van der Waals surface area contributed by atoms with E-state index in [0.717, 1.165) is 10.8 Å². The quantitative estimate of drug-likeness (QED) is 0.682. The fourth-order valence-corrected chi connectivity index (χ4v) is 1.32. The maximum Gasteiger partial charge on any atom is 0.119 e. The first-order chi connectivity index (χ1) is 5.84. The second-order valence-corrected chi connectivity index (χ2v) is 3.56. The lowest BCUT2D eigenvalue weighted by Crippen LogP contribution is -2.24. The van der Waals surface area contributed by atoms with E-state index in [4.69, 9.17) is 16.3 Å². The third kappa shape index (κ3) is 1.72. The number of ether oxygens (including phenoxy) is 1. The number of hydrogen-bond donors (Lipinski definition) is 0. The Balaban J connectivity index is 1.98. The van der Waals surface area contributed by atoms with Crippen molar-refractivity contribution in [2.45, 2.75) is 25.4 Å². The molecule has 1 aliphatic carbocycles. The van der Waals surface area contributed by atoms with Crippen LogP contribution in [0, 0.1) is 0 Å². The van der Waals surface area contributed by atoms with Crippen molar-refractivity contribution in [3.05, 3.63) is 29.3 Å². The van der Waals surface area contributed by atoms with Gasteiger partial charge < -0.3 is 4.74 Å². The van der Waals surface area contributed by atoms with Crippen LogP contribution in [-0.4, -0.2) is 6.10 Å². The summed E-state index contributed by atoms with van der Waals surface area (Å²) in [6.45, 7) is 0. The molecule has 1 aliphatic rings. The van der Waals surface area contributed by atoms with Gasteiger partial charge in [-0.1, -0.05) is 11.6 Å². The molecule has 0 spiro atoms. The first kappa shape index (κ1) is 7.93. The fraction of sp³-hybridized carbons (Fsp3) is 0.400. The molecule has 1 nitrogen and oxygen atoms in total. The van der Waals surface area contributed by atoms with Gasteiger partial charge in [0.1, 0.15) is 5.75 Å². The monoisotopic (exact) mass is 182 g/mol. The van der Waals surface area contributed by atoms with E-state index in [2.05, 4.69) is 0 Å². The molecule has 2 rings (SSSR count). The number of rotatable bonds is 2. The summed E-state index contributed by atoms with van der Waals surface area (Å²) in [4.78, 5) is 0. The van der Waals surface area contributed by atoms with Crippen LogP contribution in [0.5, 0.6) is 5.75 Å². The van der Waals surface area contributed by atoms with E-state index in [0.29, 0.717) is 6.10 Å². The van der Waals surface area contributed by atoms with E-state index < -0.39 is 0 Å². The summed E-state index contributed by atoms with van der Waals surface area (Å²) in [6.07, 6.45) is 4.15. The molecule has 0 saturated heterocycles. The Morgan fingerprint density at radius 3 is 2.33 bits per heavy atom. The summed E-state index contributed by atoms with van der Waals surface area (Å²) in [7, 11) is 0. The molecule has 0 aromatic heterocycles. The van der Waals surface area contributed by atoms with E-state index >= 15 is 0 Å². The van der Waals surface area contributed by atoms with Crippen molar-refractivity contribution in [2.24, 2.45) is 0 Å². The lowest BCUT2D eigenvalue weighted by atomic mass is 9.96. The van der Waals surface area contributed by atoms with Crippen LogP contribution in [0.1, 0.15) is 19.3 Å². The molecule has 0 heterocycles. The standard InChI is InChI=1S/C10H11ClO/c11-8-4-6-10(7-5-8)12-9-2-1-3-9/h4-7,9H,1-3H2. The Morgan fingerprint density at radius 1 is 1.17 bits per heavy atom. The van der Waals surface area contributed by atoms with E-state index in [1.807, 2.05) is 24.3 Å². The van der Waals surface area contributed by atoms with Gasteiger partial charge in [0, 0.05) is 5.02 Å². The minimum absolute atomic E-state index is 0.450. The minimum atomic E-state index is 0.450. The molecule has 1 aromatic carbocycles. The number of benzene rings is 1. The smallest absolute Gasteiger partial charge is 0.119 e. The van der Waals surface area contributed by atoms with Crippen LogP contribution in [0.25, 0.3) is 0 Å². The number of halogens is 1. The van der Waals surface area contributed by atoms with Crippen LogP contribution in [0.2, 0.25) is 5.02 Å². The van der Waals surface area contributed by atoms with E-state index in [-0.39, 0.29) is 0 Å². The van der Waals surface area contributed by atoms with Gasteiger partial charge in [-0.2, -0.15) is 0 Å². The first-order valence-electron chi connectivity index (χ1n) is 4.27. The first-order valence-corrected chi connectivity index (χ1v) is 4.64. The second kappa shape index (κ2) is 3.36.